The molecule has 1 unspecified atom stereocenters. The summed E-state index contributed by atoms with van der Waals surface area (Å²) >= 11 is 0. The number of hydrogen-bond donors (Lipinski definition) is 0. The van der Waals surface area contributed by atoms with Crippen LogP contribution in [0.15, 0.2) is 24.3 Å². The van der Waals surface area contributed by atoms with Crippen molar-refractivity contribution in [2.75, 3.05) is 13.2 Å². The second-order valence-electron chi connectivity index (χ2n) is 23.8. The molecule has 0 aliphatic carbocycles. The van der Waals surface area contributed by atoms with Gasteiger partial charge in [0.2, 0.25) is 0 Å². The van der Waals surface area contributed by atoms with E-state index in [-0.39, 0.29) is 31.1 Å². The molecule has 0 radical (unpaired) electrons. The smallest absolute Gasteiger partial charge is 0.306 e. The van der Waals surface area contributed by atoms with Gasteiger partial charge in [0, 0.05) is 19.3 Å². The lowest BCUT2D eigenvalue weighted by Gasteiger charge is -2.18. The summed E-state index contributed by atoms with van der Waals surface area (Å²) in [6.45, 7) is 6.62. The SMILES string of the molecule is CCCCCCC/C=C\C/C=C\CCCCCCCCCCCCCC(=O)OC(COC(=O)CCCCCCC)COC(=O)CCCCCCCCCCCCCCCCCCCCCCCCCCCCCCCCC. The maximum Gasteiger partial charge on any atom is 0.306 e. The number of hydrogen-bond acceptors (Lipinski definition) is 6. The number of ether oxygens (including phenoxy) is 3. The van der Waals surface area contributed by atoms with Crippen molar-refractivity contribution in [2.24, 2.45) is 0 Å². The largest absolute Gasteiger partial charge is 0.462 e. The summed E-state index contributed by atoms with van der Waals surface area (Å²) in [6, 6.07) is 0. The summed E-state index contributed by atoms with van der Waals surface area (Å²) in [4.78, 5) is 38.0. The fourth-order valence-corrected chi connectivity index (χ4v) is 10.7. The zero-order valence-electron chi connectivity index (χ0n) is 52.3. The second kappa shape index (κ2) is 66.4. The molecule has 0 spiro atoms. The summed E-state index contributed by atoms with van der Waals surface area (Å²) in [5, 5.41) is 0. The Bertz CT molecular complexity index is 1240. The fraction of sp³-hybridized carbons (Fsp3) is 0.901. The van der Waals surface area contributed by atoms with Crippen molar-refractivity contribution in [3.8, 4) is 0 Å². The Balaban J connectivity index is 3.91. The van der Waals surface area contributed by atoms with Crippen LogP contribution in [-0.2, 0) is 28.6 Å². The summed E-state index contributed by atoms with van der Waals surface area (Å²) in [7, 11) is 0. The number of rotatable bonds is 65. The molecule has 0 heterocycles. The van der Waals surface area contributed by atoms with Crippen LogP contribution in [0.3, 0.4) is 0 Å². The van der Waals surface area contributed by atoms with E-state index in [0.717, 1.165) is 70.6 Å². The lowest BCUT2D eigenvalue weighted by atomic mass is 10.0. The predicted molar refractivity (Wildman–Crippen MR) is 335 cm³/mol. The molecule has 1 atom stereocenters. The van der Waals surface area contributed by atoms with Gasteiger partial charge < -0.3 is 14.2 Å². The molecule has 0 saturated heterocycles. The minimum Gasteiger partial charge on any atom is -0.462 e. The molecule has 0 rings (SSSR count). The lowest BCUT2D eigenvalue weighted by Crippen LogP contribution is -2.30. The van der Waals surface area contributed by atoms with Crippen molar-refractivity contribution in [1.29, 1.82) is 0 Å². The number of esters is 3. The first-order valence-electron chi connectivity index (χ1n) is 34.8. The van der Waals surface area contributed by atoms with Crippen molar-refractivity contribution in [1.82, 2.24) is 0 Å². The van der Waals surface area contributed by atoms with Crippen LogP contribution in [-0.4, -0.2) is 37.2 Å². The summed E-state index contributed by atoms with van der Waals surface area (Å²) < 4.78 is 16.8. The van der Waals surface area contributed by atoms with E-state index in [1.807, 2.05) is 0 Å². The van der Waals surface area contributed by atoms with Crippen LogP contribution >= 0.6 is 0 Å². The topological polar surface area (TPSA) is 78.9 Å². The normalized spacial score (nSPS) is 12.1. The van der Waals surface area contributed by atoms with Gasteiger partial charge >= 0.3 is 17.9 Å². The van der Waals surface area contributed by atoms with Crippen LogP contribution in [0.2, 0.25) is 0 Å². The Morgan fingerprint density at radius 3 is 0.714 bits per heavy atom. The van der Waals surface area contributed by atoms with E-state index < -0.39 is 6.10 Å². The Morgan fingerprint density at radius 2 is 0.468 bits per heavy atom. The first-order chi connectivity index (χ1) is 38.0. The molecule has 0 aliphatic rings. The van der Waals surface area contributed by atoms with Gasteiger partial charge in [-0.3, -0.25) is 14.4 Å². The van der Waals surface area contributed by atoms with Crippen molar-refractivity contribution in [3.05, 3.63) is 24.3 Å². The van der Waals surface area contributed by atoms with E-state index >= 15 is 0 Å². The Morgan fingerprint density at radius 1 is 0.260 bits per heavy atom. The maximum absolute atomic E-state index is 12.8. The zero-order chi connectivity index (χ0) is 55.7. The van der Waals surface area contributed by atoms with Gasteiger partial charge in [-0.15, -0.1) is 0 Å². The third-order valence-corrected chi connectivity index (χ3v) is 16.0. The van der Waals surface area contributed by atoms with Crippen molar-refractivity contribution < 1.29 is 28.6 Å². The molecule has 0 amide bonds. The highest BCUT2D eigenvalue weighted by molar-refractivity contribution is 5.71. The van der Waals surface area contributed by atoms with Crippen LogP contribution in [0.25, 0.3) is 0 Å². The number of unbranched alkanes of at least 4 members (excludes halogenated alkanes) is 50. The fourth-order valence-electron chi connectivity index (χ4n) is 10.7. The molecule has 0 aromatic heterocycles. The van der Waals surface area contributed by atoms with Crippen LogP contribution in [0.4, 0.5) is 0 Å². The van der Waals surface area contributed by atoms with Gasteiger partial charge in [0.25, 0.3) is 0 Å². The molecule has 0 aromatic carbocycles. The van der Waals surface area contributed by atoms with Crippen molar-refractivity contribution in [2.45, 2.75) is 399 Å². The van der Waals surface area contributed by atoms with Crippen LogP contribution < -0.4 is 0 Å². The molecule has 0 aromatic rings. The van der Waals surface area contributed by atoms with Crippen LogP contribution in [0, 0.1) is 0 Å². The highest BCUT2D eigenvalue weighted by Gasteiger charge is 2.19. The molecule has 0 fully saturated rings. The first-order valence-corrected chi connectivity index (χ1v) is 34.8. The van der Waals surface area contributed by atoms with Gasteiger partial charge in [-0.05, 0) is 51.4 Å². The van der Waals surface area contributed by atoms with Gasteiger partial charge in [0.15, 0.2) is 6.10 Å². The van der Waals surface area contributed by atoms with E-state index in [2.05, 4.69) is 45.1 Å². The van der Waals surface area contributed by atoms with E-state index in [1.165, 1.54) is 283 Å². The summed E-state index contributed by atoms with van der Waals surface area (Å²) in [5.41, 5.74) is 0. The molecule has 0 N–H and O–H groups in total. The van der Waals surface area contributed by atoms with E-state index in [4.69, 9.17) is 14.2 Å². The van der Waals surface area contributed by atoms with Crippen LogP contribution in [0.1, 0.15) is 393 Å². The number of allylic oxidation sites excluding steroid dienone is 4. The number of carbonyl (C=O) groups excluding carboxylic acids is 3. The zero-order valence-corrected chi connectivity index (χ0v) is 52.3. The highest BCUT2D eigenvalue weighted by atomic mass is 16.6. The van der Waals surface area contributed by atoms with Gasteiger partial charge in [-0.1, -0.05) is 347 Å². The standard InChI is InChI=1S/C71H134O6/c1-4-7-10-13-15-17-19-21-23-25-27-29-31-32-33-34-35-36-37-38-40-41-43-45-47-49-51-53-55-58-61-64-70(73)76-67-68(66-75-69(72)63-60-57-12-9-6-3)77-71(74)65-62-59-56-54-52-50-48-46-44-42-39-30-28-26-24-22-20-18-16-14-11-8-5-2/h20,22,26,28,68H,4-19,21,23-25,27,29-67H2,1-3H3/b22-20-,28-26-. The molecular formula is C71H134O6. The van der Waals surface area contributed by atoms with E-state index in [1.54, 1.807) is 0 Å². The number of carbonyl (C=O) groups is 3. The minimum atomic E-state index is -0.766. The van der Waals surface area contributed by atoms with Crippen LogP contribution in [0.5, 0.6) is 0 Å². The van der Waals surface area contributed by atoms with Gasteiger partial charge in [0.05, 0.1) is 0 Å². The predicted octanol–water partition coefficient (Wildman–Crippen LogP) is 23.8. The van der Waals surface area contributed by atoms with Gasteiger partial charge in [-0.25, -0.2) is 0 Å². The minimum absolute atomic E-state index is 0.0672. The third kappa shape index (κ3) is 64.6. The highest BCUT2D eigenvalue weighted by Crippen LogP contribution is 2.19. The second-order valence-corrected chi connectivity index (χ2v) is 23.8. The quantitative estimate of drug-likeness (QED) is 0.0261. The van der Waals surface area contributed by atoms with Gasteiger partial charge in [-0.2, -0.15) is 0 Å². The average Bonchev–Trinajstić information content (AvgIpc) is 3.43. The van der Waals surface area contributed by atoms with E-state index in [0.29, 0.717) is 19.3 Å². The molecule has 0 aliphatic heterocycles. The molecule has 6 nitrogen and oxygen atoms in total. The molecule has 454 valence electrons. The Kier molecular flexibility index (Phi) is 64.6. The first kappa shape index (κ1) is 74.9. The average molecular weight is 1080 g/mol. The molecule has 6 heteroatoms. The Hall–Kier alpha value is -2.11. The molecule has 0 bridgehead atoms. The van der Waals surface area contributed by atoms with Crippen molar-refractivity contribution >= 4 is 17.9 Å². The molecular weight excluding hydrogens is 949 g/mol. The summed E-state index contributed by atoms with van der Waals surface area (Å²) in [6.07, 6.45) is 81.3. The summed E-state index contributed by atoms with van der Waals surface area (Å²) in [5.74, 6) is -0.858. The monoisotopic (exact) mass is 1080 g/mol. The van der Waals surface area contributed by atoms with E-state index in [9.17, 15) is 14.4 Å². The molecule has 0 saturated carbocycles. The molecule has 77 heavy (non-hydrogen) atoms. The van der Waals surface area contributed by atoms with Gasteiger partial charge in [0.1, 0.15) is 13.2 Å². The third-order valence-electron chi connectivity index (χ3n) is 16.0. The lowest BCUT2D eigenvalue weighted by molar-refractivity contribution is -0.167. The maximum atomic E-state index is 12.8. The van der Waals surface area contributed by atoms with Crippen molar-refractivity contribution in [3.63, 3.8) is 0 Å². The Labute approximate surface area is 481 Å².